The average molecular weight is 248 g/mol. The molecule has 0 spiro atoms. The van der Waals surface area contributed by atoms with Crippen LogP contribution in [0, 0.1) is 0 Å². The molecule has 2 rings (SSSR count). The maximum Gasteiger partial charge on any atom is 0.0702 e. The van der Waals surface area contributed by atoms with Crippen LogP contribution in [0.5, 0.6) is 0 Å². The van der Waals surface area contributed by atoms with E-state index < -0.39 is 0 Å². The van der Waals surface area contributed by atoms with Crippen LogP contribution in [-0.4, -0.2) is 44.3 Å². The van der Waals surface area contributed by atoms with Crippen LogP contribution in [0.2, 0.25) is 0 Å². The normalized spacial score (nSPS) is 19.3. The number of nitrogens with one attached hydrogen (secondary N) is 1. The first-order valence-corrected chi connectivity index (χ1v) is 6.93. The molecule has 1 heterocycles. The molecule has 1 aromatic carbocycles. The van der Waals surface area contributed by atoms with Gasteiger partial charge in [0.2, 0.25) is 0 Å². The highest BCUT2D eigenvalue weighted by Gasteiger charge is 2.16. The van der Waals surface area contributed by atoms with Gasteiger partial charge in [-0.15, -0.1) is 0 Å². The van der Waals surface area contributed by atoms with Crippen LogP contribution in [0.1, 0.15) is 19.3 Å². The Labute approximate surface area is 110 Å². The van der Waals surface area contributed by atoms with E-state index in [9.17, 15) is 0 Å². The van der Waals surface area contributed by atoms with Gasteiger partial charge in [0.15, 0.2) is 0 Å². The van der Waals surface area contributed by atoms with E-state index in [1.54, 1.807) is 0 Å². The fourth-order valence-corrected chi connectivity index (χ4v) is 2.36. The quantitative estimate of drug-likeness (QED) is 0.751. The summed E-state index contributed by atoms with van der Waals surface area (Å²) in [5.41, 5.74) is 1.21. The topological polar surface area (TPSA) is 24.5 Å². The summed E-state index contributed by atoms with van der Waals surface area (Å²) < 4.78 is 5.64. The van der Waals surface area contributed by atoms with E-state index in [0.29, 0.717) is 6.10 Å². The van der Waals surface area contributed by atoms with E-state index in [-0.39, 0.29) is 0 Å². The summed E-state index contributed by atoms with van der Waals surface area (Å²) in [6, 6.07) is 10.4. The Kier molecular flexibility index (Phi) is 5.49. The third-order valence-corrected chi connectivity index (χ3v) is 3.36. The Morgan fingerprint density at radius 3 is 2.89 bits per heavy atom. The Morgan fingerprint density at radius 2 is 2.17 bits per heavy atom. The maximum absolute atomic E-state index is 5.64. The van der Waals surface area contributed by atoms with Gasteiger partial charge in [-0.25, -0.2) is 0 Å². The minimum Gasteiger partial charge on any atom is -0.385 e. The molecule has 18 heavy (non-hydrogen) atoms. The van der Waals surface area contributed by atoms with Gasteiger partial charge in [0.1, 0.15) is 0 Å². The Balaban J connectivity index is 1.54. The van der Waals surface area contributed by atoms with Crippen molar-refractivity contribution in [2.75, 3.05) is 38.6 Å². The summed E-state index contributed by atoms with van der Waals surface area (Å²) in [6.07, 6.45) is 4.09. The van der Waals surface area contributed by atoms with Crippen LogP contribution in [-0.2, 0) is 4.74 Å². The molecule has 1 aliphatic rings. The number of rotatable bonds is 7. The molecule has 1 N–H and O–H groups in total. The fourth-order valence-electron chi connectivity index (χ4n) is 2.36. The van der Waals surface area contributed by atoms with Crippen molar-refractivity contribution in [3.05, 3.63) is 30.3 Å². The molecule has 3 heteroatoms. The molecular weight excluding hydrogens is 224 g/mol. The summed E-state index contributed by atoms with van der Waals surface area (Å²) in [7, 11) is 2.18. The van der Waals surface area contributed by atoms with Gasteiger partial charge in [0.05, 0.1) is 6.10 Å². The second-order valence-corrected chi connectivity index (χ2v) is 5.04. The lowest BCUT2D eigenvalue weighted by Crippen LogP contribution is -2.30. The Bertz CT molecular complexity index is 323. The summed E-state index contributed by atoms with van der Waals surface area (Å²) in [4.78, 5) is 2.38. The number of likely N-dealkylation sites (N-methyl/N-ethyl adjacent to an activating group) is 1. The highest BCUT2D eigenvalue weighted by molar-refractivity contribution is 5.42. The molecule has 0 bridgehead atoms. The van der Waals surface area contributed by atoms with Crippen molar-refractivity contribution in [1.82, 2.24) is 4.90 Å². The molecule has 3 nitrogen and oxygen atoms in total. The predicted octanol–water partition coefficient (Wildman–Crippen LogP) is 2.60. The largest absolute Gasteiger partial charge is 0.385 e. The minimum absolute atomic E-state index is 0.470. The van der Waals surface area contributed by atoms with Gasteiger partial charge in [-0.2, -0.15) is 0 Å². The average Bonchev–Trinajstić information content (AvgIpc) is 2.89. The number of benzene rings is 1. The van der Waals surface area contributed by atoms with E-state index in [1.165, 1.54) is 18.5 Å². The van der Waals surface area contributed by atoms with E-state index in [1.807, 2.05) is 6.07 Å². The monoisotopic (exact) mass is 248 g/mol. The zero-order valence-corrected chi connectivity index (χ0v) is 11.3. The number of hydrogen-bond donors (Lipinski definition) is 1. The van der Waals surface area contributed by atoms with E-state index in [4.69, 9.17) is 4.74 Å². The molecule has 1 unspecified atom stereocenters. The molecule has 1 atom stereocenters. The first kappa shape index (κ1) is 13.4. The molecule has 0 saturated carbocycles. The second kappa shape index (κ2) is 7.39. The van der Waals surface area contributed by atoms with Crippen molar-refractivity contribution < 1.29 is 4.74 Å². The van der Waals surface area contributed by atoms with E-state index in [2.05, 4.69) is 41.5 Å². The lowest BCUT2D eigenvalue weighted by molar-refractivity contribution is 0.0812. The third kappa shape index (κ3) is 4.67. The van der Waals surface area contributed by atoms with Crippen LogP contribution in [0.25, 0.3) is 0 Å². The number of ether oxygens (including phenoxy) is 1. The van der Waals surface area contributed by atoms with Gasteiger partial charge < -0.3 is 15.0 Å². The summed E-state index contributed by atoms with van der Waals surface area (Å²) in [5, 5.41) is 3.44. The lowest BCUT2D eigenvalue weighted by atomic mass is 10.2. The van der Waals surface area contributed by atoms with Crippen molar-refractivity contribution in [2.24, 2.45) is 0 Å². The van der Waals surface area contributed by atoms with E-state index >= 15 is 0 Å². The van der Waals surface area contributed by atoms with Crippen LogP contribution < -0.4 is 5.32 Å². The molecule has 1 fully saturated rings. The molecule has 0 radical (unpaired) electrons. The molecule has 1 aliphatic heterocycles. The first-order chi connectivity index (χ1) is 8.84. The second-order valence-electron chi connectivity index (χ2n) is 5.04. The summed E-state index contributed by atoms with van der Waals surface area (Å²) in [5.74, 6) is 0. The Hall–Kier alpha value is -1.06. The van der Waals surface area contributed by atoms with Crippen molar-refractivity contribution >= 4 is 5.69 Å². The number of anilines is 1. The van der Waals surface area contributed by atoms with E-state index in [0.717, 1.165) is 32.7 Å². The summed E-state index contributed by atoms with van der Waals surface area (Å²) >= 11 is 0. The predicted molar refractivity (Wildman–Crippen MR) is 76.0 cm³/mol. The SMILES string of the molecule is CN(CCCNc1ccccc1)CC1CCCO1. The molecule has 1 aromatic rings. The van der Waals surface area contributed by atoms with Crippen molar-refractivity contribution in [3.8, 4) is 0 Å². The van der Waals surface area contributed by atoms with Crippen LogP contribution in [0.15, 0.2) is 30.3 Å². The number of hydrogen-bond acceptors (Lipinski definition) is 3. The third-order valence-electron chi connectivity index (χ3n) is 3.36. The smallest absolute Gasteiger partial charge is 0.0702 e. The molecule has 0 amide bonds. The lowest BCUT2D eigenvalue weighted by Gasteiger charge is -2.20. The summed E-state index contributed by atoms with van der Waals surface area (Å²) in [6.45, 7) is 4.18. The first-order valence-electron chi connectivity index (χ1n) is 6.93. The molecule has 0 aromatic heterocycles. The highest BCUT2D eigenvalue weighted by atomic mass is 16.5. The molecule has 100 valence electrons. The minimum atomic E-state index is 0.470. The molecular formula is C15H24N2O. The van der Waals surface area contributed by atoms with Crippen LogP contribution in [0.3, 0.4) is 0 Å². The molecule has 0 aliphatic carbocycles. The fraction of sp³-hybridized carbons (Fsp3) is 0.600. The van der Waals surface area contributed by atoms with Crippen LogP contribution >= 0.6 is 0 Å². The highest BCUT2D eigenvalue weighted by Crippen LogP contribution is 2.12. The van der Waals surface area contributed by atoms with Crippen molar-refractivity contribution in [1.29, 1.82) is 0 Å². The zero-order chi connectivity index (χ0) is 12.6. The maximum atomic E-state index is 5.64. The number of nitrogens with zero attached hydrogens (tertiary/aromatic N) is 1. The van der Waals surface area contributed by atoms with Gasteiger partial charge in [-0.3, -0.25) is 0 Å². The van der Waals surface area contributed by atoms with Gasteiger partial charge >= 0.3 is 0 Å². The zero-order valence-electron chi connectivity index (χ0n) is 11.3. The van der Waals surface area contributed by atoms with Gasteiger partial charge in [-0.1, -0.05) is 18.2 Å². The van der Waals surface area contributed by atoms with Crippen LogP contribution in [0.4, 0.5) is 5.69 Å². The molecule has 1 saturated heterocycles. The van der Waals surface area contributed by atoms with Crippen molar-refractivity contribution in [2.45, 2.75) is 25.4 Å². The Morgan fingerprint density at radius 1 is 1.33 bits per heavy atom. The van der Waals surface area contributed by atoms with Crippen molar-refractivity contribution in [3.63, 3.8) is 0 Å². The van der Waals surface area contributed by atoms with Gasteiger partial charge in [-0.05, 0) is 45.0 Å². The van der Waals surface area contributed by atoms with Gasteiger partial charge in [0.25, 0.3) is 0 Å². The standard InChI is InChI=1S/C15H24N2O/c1-17(13-15-9-5-12-18-15)11-6-10-16-14-7-3-2-4-8-14/h2-4,7-8,15-16H,5-6,9-13H2,1H3. The number of para-hydroxylation sites is 1. The van der Waals surface area contributed by atoms with Gasteiger partial charge in [0, 0.05) is 25.4 Å².